The Morgan fingerprint density at radius 3 is 2.81 bits per heavy atom. The molecule has 2 heterocycles. The van der Waals surface area contributed by atoms with E-state index in [9.17, 15) is 4.79 Å². The number of halogens is 2. The fraction of sp³-hybridized carbons (Fsp3) is 0.100. The van der Waals surface area contributed by atoms with E-state index in [0.717, 1.165) is 0 Å². The quantitative estimate of drug-likeness (QED) is 0.772. The molecule has 0 saturated carbocycles. The van der Waals surface area contributed by atoms with Gasteiger partial charge in [-0.15, -0.1) is 0 Å². The minimum Gasteiger partial charge on any atom is -0.268 e. The van der Waals surface area contributed by atoms with Gasteiger partial charge in [0.1, 0.15) is 5.15 Å². The van der Waals surface area contributed by atoms with Gasteiger partial charge in [-0.1, -0.05) is 23.2 Å². The molecule has 0 saturated heterocycles. The highest BCUT2D eigenvalue weighted by molar-refractivity contribution is 6.32. The average molecular weight is 256 g/mol. The summed E-state index contributed by atoms with van der Waals surface area (Å²) in [7, 11) is 0. The summed E-state index contributed by atoms with van der Waals surface area (Å²) >= 11 is 11.7. The van der Waals surface area contributed by atoms with E-state index >= 15 is 0 Å². The molecule has 0 unspecified atom stereocenters. The molecule has 0 fully saturated rings. The van der Waals surface area contributed by atoms with Crippen LogP contribution in [0.25, 0.3) is 0 Å². The fourth-order valence-corrected chi connectivity index (χ4v) is 1.55. The molecular formula is C10H7Cl2N3O. The Morgan fingerprint density at radius 1 is 1.25 bits per heavy atom. The van der Waals surface area contributed by atoms with Crippen molar-refractivity contribution in [1.82, 2.24) is 14.8 Å². The number of rotatable bonds is 2. The van der Waals surface area contributed by atoms with Gasteiger partial charge in [0.2, 0.25) is 0 Å². The van der Waals surface area contributed by atoms with Crippen molar-refractivity contribution in [2.75, 3.05) is 0 Å². The molecule has 0 N–H and O–H groups in total. The van der Waals surface area contributed by atoms with Crippen LogP contribution in [0, 0.1) is 0 Å². The van der Waals surface area contributed by atoms with E-state index in [1.54, 1.807) is 18.2 Å². The first-order chi connectivity index (χ1) is 7.66. The molecule has 0 amide bonds. The number of aromatic nitrogens is 3. The van der Waals surface area contributed by atoms with Gasteiger partial charge in [-0.25, -0.2) is 9.67 Å². The minimum absolute atomic E-state index is 0.207. The zero-order valence-corrected chi connectivity index (χ0v) is 9.61. The summed E-state index contributed by atoms with van der Waals surface area (Å²) in [5.74, 6) is 0. The van der Waals surface area contributed by atoms with Gasteiger partial charge in [0.15, 0.2) is 0 Å². The molecule has 6 heteroatoms. The molecule has 0 bridgehead atoms. The monoisotopic (exact) mass is 255 g/mol. The maximum absolute atomic E-state index is 11.4. The number of hydrogen-bond donors (Lipinski definition) is 0. The second-order valence-electron chi connectivity index (χ2n) is 3.08. The van der Waals surface area contributed by atoms with Crippen molar-refractivity contribution in [3.8, 4) is 0 Å². The first-order valence-electron chi connectivity index (χ1n) is 4.50. The van der Waals surface area contributed by atoms with Crippen LogP contribution in [-0.4, -0.2) is 14.8 Å². The summed E-state index contributed by atoms with van der Waals surface area (Å²) in [4.78, 5) is 15.5. The fourth-order valence-electron chi connectivity index (χ4n) is 1.22. The van der Waals surface area contributed by atoms with Crippen LogP contribution >= 0.6 is 23.2 Å². The third-order valence-electron chi connectivity index (χ3n) is 1.97. The van der Waals surface area contributed by atoms with Gasteiger partial charge in [0.05, 0.1) is 17.3 Å². The van der Waals surface area contributed by atoms with E-state index in [1.807, 2.05) is 0 Å². The smallest absolute Gasteiger partial charge is 0.267 e. The third kappa shape index (κ3) is 2.40. The molecule has 2 aromatic rings. The van der Waals surface area contributed by atoms with Crippen LogP contribution in [-0.2, 0) is 6.54 Å². The summed E-state index contributed by atoms with van der Waals surface area (Å²) in [5.41, 5.74) is 0.315. The number of nitrogens with zero attached hydrogens (tertiary/aromatic N) is 3. The van der Waals surface area contributed by atoms with E-state index in [4.69, 9.17) is 23.2 Å². The van der Waals surface area contributed by atoms with Gasteiger partial charge in [-0.05, 0) is 18.2 Å². The SMILES string of the molecule is O=c1cccnn1Cc1nc(Cl)ccc1Cl. The van der Waals surface area contributed by atoms with E-state index in [0.29, 0.717) is 15.9 Å². The summed E-state index contributed by atoms with van der Waals surface area (Å²) in [6, 6.07) is 6.23. The van der Waals surface area contributed by atoms with Crippen LogP contribution in [0.4, 0.5) is 0 Å². The zero-order valence-electron chi connectivity index (χ0n) is 8.10. The molecule has 4 nitrogen and oxygen atoms in total. The second-order valence-corrected chi connectivity index (χ2v) is 3.88. The Kier molecular flexibility index (Phi) is 3.22. The molecular weight excluding hydrogens is 249 g/mol. The summed E-state index contributed by atoms with van der Waals surface area (Å²) in [5, 5.41) is 4.70. The Bertz CT molecular complexity index is 568. The van der Waals surface area contributed by atoms with Crippen molar-refractivity contribution >= 4 is 23.2 Å². The van der Waals surface area contributed by atoms with E-state index in [2.05, 4.69) is 10.1 Å². The molecule has 82 valence electrons. The van der Waals surface area contributed by atoms with Crippen molar-refractivity contribution in [3.05, 3.63) is 56.7 Å². The molecule has 0 spiro atoms. The lowest BCUT2D eigenvalue weighted by Gasteiger charge is -2.05. The highest BCUT2D eigenvalue weighted by Gasteiger charge is 2.05. The highest BCUT2D eigenvalue weighted by atomic mass is 35.5. The van der Waals surface area contributed by atoms with Crippen LogP contribution in [0.15, 0.2) is 35.3 Å². The molecule has 0 aliphatic heterocycles. The molecule has 0 radical (unpaired) electrons. The lowest BCUT2D eigenvalue weighted by Crippen LogP contribution is -2.22. The maximum Gasteiger partial charge on any atom is 0.267 e. The molecule has 16 heavy (non-hydrogen) atoms. The van der Waals surface area contributed by atoms with Crippen molar-refractivity contribution in [2.45, 2.75) is 6.54 Å². The normalized spacial score (nSPS) is 10.4. The molecule has 0 aliphatic carbocycles. The molecule has 0 aliphatic rings. The first kappa shape index (κ1) is 11.1. The summed E-state index contributed by atoms with van der Waals surface area (Å²) < 4.78 is 1.27. The van der Waals surface area contributed by atoms with Crippen molar-refractivity contribution in [2.24, 2.45) is 0 Å². The zero-order chi connectivity index (χ0) is 11.5. The van der Waals surface area contributed by atoms with Gasteiger partial charge in [-0.3, -0.25) is 4.79 Å². The van der Waals surface area contributed by atoms with E-state index < -0.39 is 0 Å². The lowest BCUT2D eigenvalue weighted by atomic mass is 10.3. The van der Waals surface area contributed by atoms with Gasteiger partial charge < -0.3 is 0 Å². The van der Waals surface area contributed by atoms with E-state index in [-0.39, 0.29) is 12.1 Å². The Hall–Kier alpha value is -1.39. The average Bonchev–Trinajstić information content (AvgIpc) is 2.27. The predicted molar refractivity (Wildman–Crippen MR) is 61.9 cm³/mol. The second kappa shape index (κ2) is 4.63. The minimum atomic E-state index is -0.208. The van der Waals surface area contributed by atoms with Gasteiger partial charge in [0, 0.05) is 12.3 Å². The summed E-state index contributed by atoms with van der Waals surface area (Å²) in [6.45, 7) is 0.207. The van der Waals surface area contributed by atoms with Crippen LogP contribution in [0.5, 0.6) is 0 Å². The van der Waals surface area contributed by atoms with Crippen LogP contribution in [0.2, 0.25) is 10.2 Å². The molecule has 0 aromatic carbocycles. The number of pyridine rings is 1. The van der Waals surface area contributed by atoms with E-state index in [1.165, 1.54) is 16.9 Å². The Balaban J connectivity index is 2.38. The topological polar surface area (TPSA) is 47.8 Å². The lowest BCUT2D eigenvalue weighted by molar-refractivity contribution is 0.628. The predicted octanol–water partition coefficient (Wildman–Crippen LogP) is 1.99. The first-order valence-corrected chi connectivity index (χ1v) is 5.25. The van der Waals surface area contributed by atoms with Crippen molar-refractivity contribution < 1.29 is 0 Å². The number of hydrogen-bond acceptors (Lipinski definition) is 3. The summed E-state index contributed by atoms with van der Waals surface area (Å²) in [6.07, 6.45) is 1.53. The van der Waals surface area contributed by atoms with Gasteiger partial charge >= 0.3 is 0 Å². The van der Waals surface area contributed by atoms with Crippen molar-refractivity contribution in [3.63, 3.8) is 0 Å². The highest BCUT2D eigenvalue weighted by Crippen LogP contribution is 2.16. The van der Waals surface area contributed by atoms with Gasteiger partial charge in [-0.2, -0.15) is 5.10 Å². The molecule has 0 atom stereocenters. The third-order valence-corrected chi connectivity index (χ3v) is 2.52. The molecule has 2 rings (SSSR count). The largest absolute Gasteiger partial charge is 0.268 e. The Labute approximate surface area is 101 Å². The maximum atomic E-state index is 11.4. The van der Waals surface area contributed by atoms with Crippen LogP contribution in [0.1, 0.15) is 5.69 Å². The van der Waals surface area contributed by atoms with Crippen LogP contribution in [0.3, 0.4) is 0 Å². The standard InChI is InChI=1S/C10H7Cl2N3O/c11-7-3-4-9(12)14-8(7)6-15-10(16)2-1-5-13-15/h1-5H,6H2. The Morgan fingerprint density at radius 2 is 2.06 bits per heavy atom. The van der Waals surface area contributed by atoms with Crippen molar-refractivity contribution in [1.29, 1.82) is 0 Å². The molecule has 2 aromatic heterocycles. The van der Waals surface area contributed by atoms with Gasteiger partial charge in [0.25, 0.3) is 5.56 Å². The van der Waals surface area contributed by atoms with Crippen LogP contribution < -0.4 is 5.56 Å².